The van der Waals surface area contributed by atoms with Crippen LogP contribution in [0.3, 0.4) is 0 Å². The number of nitrogens with one attached hydrogen (secondary N) is 1. The molecule has 1 nitrogen and oxygen atoms in total. The molecule has 110 valence electrons. The third-order valence-electron chi connectivity index (χ3n) is 4.10. The molecule has 0 aromatic heterocycles. The largest absolute Gasteiger partial charge is 0.310 e. The highest BCUT2D eigenvalue weighted by molar-refractivity contribution is 6.33. The highest BCUT2D eigenvalue weighted by Gasteiger charge is 2.21. The van der Waals surface area contributed by atoms with Gasteiger partial charge in [-0.25, -0.2) is 0 Å². The second kappa shape index (κ2) is 6.00. The molecule has 1 aliphatic carbocycles. The lowest BCUT2D eigenvalue weighted by Gasteiger charge is -2.14. The average molecular weight is 320 g/mol. The van der Waals surface area contributed by atoms with E-state index in [9.17, 15) is 0 Å². The monoisotopic (exact) mass is 319 g/mol. The minimum atomic E-state index is 0.673. The van der Waals surface area contributed by atoms with Gasteiger partial charge in [0.1, 0.15) is 0 Å². The first-order valence-electron chi connectivity index (χ1n) is 7.33. The van der Waals surface area contributed by atoms with Crippen LogP contribution in [0.15, 0.2) is 30.3 Å². The summed E-state index contributed by atoms with van der Waals surface area (Å²) in [7, 11) is 0. The summed E-state index contributed by atoms with van der Waals surface area (Å²) in [5, 5.41) is 5.12. The summed E-state index contributed by atoms with van der Waals surface area (Å²) in [5.74, 6) is 0. The zero-order valence-corrected chi connectivity index (χ0v) is 13.9. The summed E-state index contributed by atoms with van der Waals surface area (Å²) in [6.07, 6.45) is 2.56. The maximum Gasteiger partial charge on any atom is 0.0487 e. The SMILES string of the molecule is Cc1cc(Cl)c(-c2ccc(Cl)cc2CNC2CC2)cc1C. The zero-order valence-electron chi connectivity index (χ0n) is 12.3. The second-order valence-corrected chi connectivity index (χ2v) is 6.72. The number of rotatable bonds is 4. The first-order chi connectivity index (χ1) is 10.0. The van der Waals surface area contributed by atoms with Crippen molar-refractivity contribution in [3.8, 4) is 11.1 Å². The Bertz CT molecular complexity index is 675. The summed E-state index contributed by atoms with van der Waals surface area (Å²) >= 11 is 12.6. The van der Waals surface area contributed by atoms with Gasteiger partial charge >= 0.3 is 0 Å². The van der Waals surface area contributed by atoms with Gasteiger partial charge in [-0.15, -0.1) is 0 Å². The van der Waals surface area contributed by atoms with Crippen molar-refractivity contribution in [3.05, 3.63) is 57.1 Å². The van der Waals surface area contributed by atoms with Crippen LogP contribution in [0.4, 0.5) is 0 Å². The van der Waals surface area contributed by atoms with Crippen LogP contribution in [-0.4, -0.2) is 6.04 Å². The van der Waals surface area contributed by atoms with Crippen LogP contribution >= 0.6 is 23.2 Å². The van der Waals surface area contributed by atoms with Crippen molar-refractivity contribution in [2.45, 2.75) is 39.3 Å². The van der Waals surface area contributed by atoms with Crippen molar-refractivity contribution in [3.63, 3.8) is 0 Å². The van der Waals surface area contributed by atoms with Crippen LogP contribution in [0.1, 0.15) is 29.5 Å². The van der Waals surface area contributed by atoms with Crippen molar-refractivity contribution < 1.29 is 0 Å². The van der Waals surface area contributed by atoms with Gasteiger partial charge in [-0.3, -0.25) is 0 Å². The molecule has 0 saturated heterocycles. The molecule has 1 saturated carbocycles. The Morgan fingerprint density at radius 1 is 1.00 bits per heavy atom. The molecule has 0 amide bonds. The van der Waals surface area contributed by atoms with Crippen LogP contribution in [0, 0.1) is 13.8 Å². The van der Waals surface area contributed by atoms with Gasteiger partial charge in [-0.2, -0.15) is 0 Å². The van der Waals surface area contributed by atoms with E-state index in [0.717, 1.165) is 22.2 Å². The van der Waals surface area contributed by atoms with Crippen LogP contribution in [0.5, 0.6) is 0 Å². The highest BCUT2D eigenvalue weighted by Crippen LogP contribution is 2.34. The normalized spacial score (nSPS) is 14.5. The lowest BCUT2D eigenvalue weighted by atomic mass is 9.96. The number of halogens is 2. The van der Waals surface area contributed by atoms with Crippen molar-refractivity contribution in [2.75, 3.05) is 0 Å². The van der Waals surface area contributed by atoms with E-state index in [1.165, 1.54) is 35.1 Å². The molecule has 0 bridgehead atoms. The number of hydrogen-bond donors (Lipinski definition) is 1. The minimum absolute atomic E-state index is 0.673. The Balaban J connectivity index is 2.02. The Labute approximate surface area is 136 Å². The van der Waals surface area contributed by atoms with Gasteiger partial charge in [0.2, 0.25) is 0 Å². The van der Waals surface area contributed by atoms with Crippen molar-refractivity contribution >= 4 is 23.2 Å². The predicted molar refractivity (Wildman–Crippen MR) is 91.2 cm³/mol. The van der Waals surface area contributed by atoms with Crippen molar-refractivity contribution in [2.24, 2.45) is 0 Å². The Morgan fingerprint density at radius 2 is 1.71 bits per heavy atom. The quantitative estimate of drug-likeness (QED) is 0.781. The number of hydrogen-bond acceptors (Lipinski definition) is 1. The van der Waals surface area contributed by atoms with Crippen LogP contribution in [0.2, 0.25) is 10.0 Å². The van der Waals surface area contributed by atoms with Gasteiger partial charge in [0, 0.05) is 28.2 Å². The first-order valence-corrected chi connectivity index (χ1v) is 8.09. The van der Waals surface area contributed by atoms with E-state index in [1.807, 2.05) is 18.2 Å². The molecule has 1 aliphatic rings. The van der Waals surface area contributed by atoms with Gasteiger partial charge in [0.15, 0.2) is 0 Å². The van der Waals surface area contributed by atoms with Crippen LogP contribution < -0.4 is 5.32 Å². The number of benzene rings is 2. The maximum absolute atomic E-state index is 6.47. The summed E-state index contributed by atoms with van der Waals surface area (Å²) in [6.45, 7) is 5.04. The molecule has 2 aromatic carbocycles. The molecule has 21 heavy (non-hydrogen) atoms. The zero-order chi connectivity index (χ0) is 15.0. The molecule has 0 spiro atoms. The van der Waals surface area contributed by atoms with Crippen molar-refractivity contribution in [1.29, 1.82) is 0 Å². The molecule has 0 unspecified atom stereocenters. The van der Waals surface area contributed by atoms with E-state index in [2.05, 4.69) is 31.3 Å². The topological polar surface area (TPSA) is 12.0 Å². The first kappa shape index (κ1) is 14.9. The molecule has 0 atom stereocenters. The van der Waals surface area contributed by atoms with Crippen molar-refractivity contribution in [1.82, 2.24) is 5.32 Å². The van der Waals surface area contributed by atoms with E-state index in [0.29, 0.717) is 6.04 Å². The molecule has 3 heteroatoms. The minimum Gasteiger partial charge on any atom is -0.310 e. The molecule has 0 aliphatic heterocycles. The fourth-order valence-corrected chi connectivity index (χ4v) is 3.02. The molecule has 1 fully saturated rings. The van der Waals surface area contributed by atoms with Gasteiger partial charge in [0.05, 0.1) is 0 Å². The van der Waals surface area contributed by atoms with Crippen LogP contribution in [0.25, 0.3) is 11.1 Å². The Morgan fingerprint density at radius 3 is 2.43 bits per heavy atom. The summed E-state index contributed by atoms with van der Waals surface area (Å²) in [5.41, 5.74) is 5.94. The third-order valence-corrected chi connectivity index (χ3v) is 4.65. The fourth-order valence-electron chi connectivity index (χ4n) is 2.50. The average Bonchev–Trinajstić information content (AvgIpc) is 3.25. The fraction of sp³-hybridized carbons (Fsp3) is 0.333. The predicted octanol–water partition coefficient (Wildman–Crippen LogP) is 5.53. The summed E-state index contributed by atoms with van der Waals surface area (Å²) in [4.78, 5) is 0. The van der Waals surface area contributed by atoms with Gasteiger partial charge < -0.3 is 5.32 Å². The van der Waals surface area contributed by atoms with Crippen LogP contribution in [-0.2, 0) is 6.54 Å². The summed E-state index contributed by atoms with van der Waals surface area (Å²) < 4.78 is 0. The lowest BCUT2D eigenvalue weighted by Crippen LogP contribution is -2.15. The van der Waals surface area contributed by atoms with E-state index >= 15 is 0 Å². The molecular weight excluding hydrogens is 301 g/mol. The van der Waals surface area contributed by atoms with E-state index in [4.69, 9.17) is 23.2 Å². The Hall–Kier alpha value is -1.02. The van der Waals surface area contributed by atoms with Gasteiger partial charge in [0.25, 0.3) is 0 Å². The molecule has 1 N–H and O–H groups in total. The molecule has 3 rings (SSSR count). The smallest absolute Gasteiger partial charge is 0.0487 e. The lowest BCUT2D eigenvalue weighted by molar-refractivity contribution is 0.689. The van der Waals surface area contributed by atoms with E-state index in [1.54, 1.807) is 0 Å². The molecular formula is C18H19Cl2N. The molecule has 0 heterocycles. The Kier molecular flexibility index (Phi) is 4.26. The number of aryl methyl sites for hydroxylation is 2. The van der Waals surface area contributed by atoms with Gasteiger partial charge in [-0.05, 0) is 73.2 Å². The van der Waals surface area contributed by atoms with Gasteiger partial charge in [-0.1, -0.05) is 29.3 Å². The standard InChI is InChI=1S/C18H19Cl2N/c1-11-7-17(18(20)8-12(11)2)16-6-3-14(19)9-13(16)10-21-15-4-5-15/h3,6-9,15,21H,4-5,10H2,1-2H3. The summed E-state index contributed by atoms with van der Waals surface area (Å²) in [6, 6.07) is 10.9. The van der Waals surface area contributed by atoms with E-state index in [-0.39, 0.29) is 0 Å². The van der Waals surface area contributed by atoms with E-state index < -0.39 is 0 Å². The second-order valence-electron chi connectivity index (χ2n) is 5.87. The highest BCUT2D eigenvalue weighted by atomic mass is 35.5. The maximum atomic E-state index is 6.47. The third kappa shape index (κ3) is 3.42. The molecule has 0 radical (unpaired) electrons. The molecule has 2 aromatic rings.